The van der Waals surface area contributed by atoms with Crippen molar-refractivity contribution in [3.63, 3.8) is 0 Å². The SMILES string of the molecule is C=CCN1CC[C@@]23c4c5ccc(OC(=O)CCCCCCCCCCC)c4O[C@@H]2C(=O)CC[C@@]3(O)[C@H]1C5. The molecule has 4 aliphatic rings. The number of ether oxygens (including phenoxy) is 2. The number of rotatable bonds is 13. The largest absolute Gasteiger partial charge is 0.477 e. The van der Waals surface area contributed by atoms with E-state index in [1.165, 1.54) is 38.5 Å². The Bertz CT molecular complexity index is 1040. The summed E-state index contributed by atoms with van der Waals surface area (Å²) in [7, 11) is 0. The maximum Gasteiger partial charge on any atom is 0.311 e. The van der Waals surface area contributed by atoms with Gasteiger partial charge in [-0.25, -0.2) is 0 Å². The predicted molar refractivity (Wildman–Crippen MR) is 143 cm³/mol. The molecule has 0 radical (unpaired) electrons. The Morgan fingerprint density at radius 3 is 2.62 bits per heavy atom. The summed E-state index contributed by atoms with van der Waals surface area (Å²) in [5.41, 5.74) is 0.183. The number of hydrogen-bond donors (Lipinski definition) is 1. The number of piperidine rings is 1. The van der Waals surface area contributed by atoms with Crippen LogP contribution in [-0.2, 0) is 21.4 Å². The van der Waals surface area contributed by atoms with E-state index in [9.17, 15) is 14.7 Å². The molecular weight excluding hydrogens is 466 g/mol. The first-order chi connectivity index (χ1) is 18.0. The van der Waals surface area contributed by atoms with Crippen LogP contribution in [0.4, 0.5) is 0 Å². The van der Waals surface area contributed by atoms with E-state index in [1.54, 1.807) is 0 Å². The maximum absolute atomic E-state index is 13.1. The van der Waals surface area contributed by atoms with Crippen LogP contribution in [-0.4, -0.2) is 52.6 Å². The van der Waals surface area contributed by atoms with Gasteiger partial charge in [0.25, 0.3) is 0 Å². The summed E-state index contributed by atoms with van der Waals surface area (Å²) >= 11 is 0. The summed E-state index contributed by atoms with van der Waals surface area (Å²) in [5, 5.41) is 12.2. The molecule has 2 aliphatic carbocycles. The number of aliphatic hydroxyl groups is 1. The standard InChI is InChI=1S/C31H43NO5/c1-3-5-6-7-8-9-10-11-12-13-26(34)36-24-15-14-22-21-25-31(35)17-16-23(33)29-30(31,27(22)28(24)37-29)18-20-32(25)19-4-2/h4,14-15,25,29,35H,2-3,5-13,16-21H2,1H3/t25-,29-,30-,31-/m1/s1. The fourth-order valence-corrected chi connectivity index (χ4v) is 7.62. The third-order valence-corrected chi connectivity index (χ3v) is 9.43. The van der Waals surface area contributed by atoms with Crippen molar-refractivity contribution in [3.8, 4) is 11.5 Å². The van der Waals surface area contributed by atoms with Gasteiger partial charge in [-0.3, -0.25) is 14.5 Å². The molecule has 2 heterocycles. The van der Waals surface area contributed by atoms with Crippen molar-refractivity contribution in [2.75, 3.05) is 13.1 Å². The van der Waals surface area contributed by atoms with Gasteiger partial charge in [-0.15, -0.1) is 6.58 Å². The highest BCUT2D eigenvalue weighted by molar-refractivity contribution is 5.90. The summed E-state index contributed by atoms with van der Waals surface area (Å²) in [4.78, 5) is 28.2. The predicted octanol–water partition coefficient (Wildman–Crippen LogP) is 5.42. The van der Waals surface area contributed by atoms with Gasteiger partial charge in [-0.2, -0.15) is 0 Å². The lowest BCUT2D eigenvalue weighted by Gasteiger charge is -2.62. The monoisotopic (exact) mass is 509 g/mol. The van der Waals surface area contributed by atoms with E-state index < -0.39 is 17.1 Å². The Morgan fingerprint density at radius 1 is 1.16 bits per heavy atom. The molecule has 202 valence electrons. The van der Waals surface area contributed by atoms with Gasteiger partial charge in [0.2, 0.25) is 0 Å². The minimum Gasteiger partial charge on any atom is -0.477 e. The van der Waals surface area contributed by atoms with E-state index in [2.05, 4.69) is 18.4 Å². The normalized spacial score (nSPS) is 29.5. The molecule has 1 aromatic carbocycles. The van der Waals surface area contributed by atoms with E-state index in [4.69, 9.17) is 9.47 Å². The number of unbranched alkanes of at least 4 members (excludes halogenated alkanes) is 8. The van der Waals surface area contributed by atoms with Crippen LogP contribution in [0.1, 0.15) is 102 Å². The molecule has 0 unspecified atom stereocenters. The molecule has 2 bridgehead atoms. The molecule has 2 aliphatic heterocycles. The van der Waals surface area contributed by atoms with E-state index in [-0.39, 0.29) is 17.8 Å². The molecule has 1 N–H and O–H groups in total. The summed E-state index contributed by atoms with van der Waals surface area (Å²) < 4.78 is 12.2. The third kappa shape index (κ3) is 4.44. The smallest absolute Gasteiger partial charge is 0.311 e. The van der Waals surface area contributed by atoms with Crippen molar-refractivity contribution in [2.45, 2.75) is 120 Å². The van der Waals surface area contributed by atoms with Crippen LogP contribution in [0.25, 0.3) is 0 Å². The number of esters is 1. The fraction of sp³-hybridized carbons (Fsp3) is 0.677. The van der Waals surface area contributed by atoms with Crippen LogP contribution in [0, 0.1) is 0 Å². The van der Waals surface area contributed by atoms with Crippen molar-refractivity contribution in [3.05, 3.63) is 35.9 Å². The zero-order chi connectivity index (χ0) is 26.0. The molecule has 6 nitrogen and oxygen atoms in total. The molecule has 0 amide bonds. The summed E-state index contributed by atoms with van der Waals surface area (Å²) in [5.74, 6) is 0.681. The van der Waals surface area contributed by atoms with Crippen molar-refractivity contribution in [2.24, 2.45) is 0 Å². The van der Waals surface area contributed by atoms with E-state index in [0.29, 0.717) is 50.1 Å². The minimum absolute atomic E-state index is 0.0385. The number of ketones is 1. The number of hydrogen-bond acceptors (Lipinski definition) is 6. The number of likely N-dealkylation sites (tertiary alicyclic amines) is 1. The summed E-state index contributed by atoms with van der Waals surface area (Å²) in [6.07, 6.45) is 14.4. The molecule has 5 rings (SSSR count). The number of benzene rings is 1. The Morgan fingerprint density at radius 2 is 1.89 bits per heavy atom. The van der Waals surface area contributed by atoms with E-state index in [0.717, 1.165) is 36.9 Å². The van der Waals surface area contributed by atoms with Crippen LogP contribution in [0.15, 0.2) is 24.8 Å². The molecule has 1 spiro atoms. The second-order valence-electron chi connectivity index (χ2n) is 11.6. The average Bonchev–Trinajstić information content (AvgIpc) is 3.24. The van der Waals surface area contributed by atoms with Gasteiger partial charge in [0.1, 0.15) is 0 Å². The lowest BCUT2D eigenvalue weighted by atomic mass is 9.49. The Balaban J connectivity index is 1.28. The second-order valence-corrected chi connectivity index (χ2v) is 11.6. The van der Waals surface area contributed by atoms with Gasteiger partial charge in [-0.1, -0.05) is 70.4 Å². The van der Waals surface area contributed by atoms with Gasteiger partial charge in [0.15, 0.2) is 23.4 Å². The third-order valence-electron chi connectivity index (χ3n) is 9.43. The molecular formula is C31H43NO5. The van der Waals surface area contributed by atoms with Gasteiger partial charge in [0, 0.05) is 37.5 Å². The van der Waals surface area contributed by atoms with Crippen LogP contribution in [0.3, 0.4) is 0 Å². The number of carbonyl (C=O) groups excluding carboxylic acids is 2. The maximum atomic E-state index is 13.1. The molecule has 1 saturated heterocycles. The fourth-order valence-electron chi connectivity index (χ4n) is 7.62. The second kappa shape index (κ2) is 10.9. The van der Waals surface area contributed by atoms with Gasteiger partial charge < -0.3 is 14.6 Å². The van der Waals surface area contributed by atoms with Crippen LogP contribution < -0.4 is 9.47 Å². The zero-order valence-electron chi connectivity index (χ0n) is 22.4. The first-order valence-electron chi connectivity index (χ1n) is 14.6. The first-order valence-corrected chi connectivity index (χ1v) is 14.6. The molecule has 0 aromatic heterocycles. The van der Waals surface area contributed by atoms with Crippen LogP contribution in [0.2, 0.25) is 0 Å². The number of Topliss-reactive ketones (excluding diaryl/α,β-unsaturated/α-hetero) is 1. The highest BCUT2D eigenvalue weighted by Gasteiger charge is 2.73. The lowest BCUT2D eigenvalue weighted by molar-refractivity contribution is -0.187. The summed E-state index contributed by atoms with van der Waals surface area (Å²) in [6.45, 7) is 7.62. The molecule has 2 fully saturated rings. The van der Waals surface area contributed by atoms with Crippen molar-refractivity contribution < 1.29 is 24.2 Å². The first kappa shape index (κ1) is 26.4. The summed E-state index contributed by atoms with van der Waals surface area (Å²) in [6, 6.07) is 3.74. The molecule has 1 saturated carbocycles. The Kier molecular flexibility index (Phi) is 7.78. The van der Waals surface area contributed by atoms with Crippen molar-refractivity contribution in [1.82, 2.24) is 4.90 Å². The topological polar surface area (TPSA) is 76.1 Å². The number of nitrogens with zero attached hydrogens (tertiary/aromatic N) is 1. The zero-order valence-corrected chi connectivity index (χ0v) is 22.4. The molecule has 37 heavy (non-hydrogen) atoms. The van der Waals surface area contributed by atoms with Crippen LogP contribution in [0.5, 0.6) is 11.5 Å². The lowest BCUT2D eigenvalue weighted by Crippen LogP contribution is -2.76. The van der Waals surface area contributed by atoms with Gasteiger partial charge >= 0.3 is 5.97 Å². The molecule has 4 atom stereocenters. The van der Waals surface area contributed by atoms with Crippen molar-refractivity contribution >= 4 is 11.8 Å². The minimum atomic E-state index is -1.05. The van der Waals surface area contributed by atoms with Gasteiger partial charge in [-0.05, 0) is 37.3 Å². The highest BCUT2D eigenvalue weighted by atomic mass is 16.6. The highest BCUT2D eigenvalue weighted by Crippen LogP contribution is 2.64. The molecule has 1 aromatic rings. The average molecular weight is 510 g/mol. The number of carbonyl (C=O) groups is 2. The Labute approximate surface area is 221 Å². The van der Waals surface area contributed by atoms with E-state index >= 15 is 0 Å². The Hall–Kier alpha value is -2.18. The van der Waals surface area contributed by atoms with Crippen molar-refractivity contribution in [1.29, 1.82) is 0 Å². The quantitative estimate of drug-likeness (QED) is 0.166. The van der Waals surface area contributed by atoms with Crippen LogP contribution >= 0.6 is 0 Å². The molecule has 6 heteroatoms. The van der Waals surface area contributed by atoms with E-state index in [1.807, 2.05) is 18.2 Å². The van der Waals surface area contributed by atoms with Gasteiger partial charge in [0.05, 0.1) is 11.0 Å².